The van der Waals surface area contributed by atoms with Crippen LogP contribution in [-0.4, -0.2) is 55.2 Å². The molecule has 0 bridgehead atoms. The Labute approximate surface area is 99.7 Å². The summed E-state index contributed by atoms with van der Waals surface area (Å²) < 4.78 is 4.40. The van der Waals surface area contributed by atoms with Gasteiger partial charge in [-0.3, -0.25) is 9.59 Å². The fraction of sp³-hybridized carbons (Fsp3) is 0.700. The lowest BCUT2D eigenvalue weighted by molar-refractivity contribution is -0.146. The van der Waals surface area contributed by atoms with Crippen LogP contribution in [0.5, 0.6) is 0 Å². The smallest absolute Gasteiger partial charge is 0.325 e. The van der Waals surface area contributed by atoms with E-state index in [1.54, 1.807) is 0 Å². The van der Waals surface area contributed by atoms with E-state index in [1.807, 2.05) is 0 Å². The number of rotatable bonds is 5. The number of hydrogen-bond acceptors (Lipinski definition) is 4. The highest BCUT2D eigenvalue weighted by Gasteiger charge is 2.28. The summed E-state index contributed by atoms with van der Waals surface area (Å²) >= 11 is 0. The van der Waals surface area contributed by atoms with Gasteiger partial charge in [-0.05, 0) is 13.8 Å². The monoisotopic (exact) mass is 246 g/mol. The summed E-state index contributed by atoms with van der Waals surface area (Å²) in [7, 11) is 2.64. The average molecular weight is 246 g/mol. The van der Waals surface area contributed by atoms with E-state index in [0.29, 0.717) is 0 Å². The highest BCUT2D eigenvalue weighted by Crippen LogP contribution is 2.13. The molecule has 0 aliphatic carbocycles. The van der Waals surface area contributed by atoms with E-state index in [0.717, 1.165) is 4.90 Å². The van der Waals surface area contributed by atoms with Crippen molar-refractivity contribution < 1.29 is 24.2 Å². The zero-order valence-electron chi connectivity index (χ0n) is 10.4. The Bertz CT molecular complexity index is 314. The van der Waals surface area contributed by atoms with E-state index in [1.165, 1.54) is 28.0 Å². The van der Waals surface area contributed by atoms with Gasteiger partial charge in [-0.2, -0.15) is 0 Å². The van der Waals surface area contributed by atoms with Crippen molar-refractivity contribution in [2.24, 2.45) is 5.41 Å². The van der Waals surface area contributed by atoms with Crippen LogP contribution >= 0.6 is 0 Å². The van der Waals surface area contributed by atoms with Crippen molar-refractivity contribution in [2.45, 2.75) is 13.8 Å². The fourth-order valence-corrected chi connectivity index (χ4v) is 0.837. The molecule has 0 aromatic rings. The van der Waals surface area contributed by atoms with Crippen molar-refractivity contribution in [2.75, 3.05) is 27.2 Å². The molecule has 7 nitrogen and oxygen atoms in total. The first-order chi connectivity index (χ1) is 7.70. The maximum atomic E-state index is 11.5. The van der Waals surface area contributed by atoms with E-state index in [-0.39, 0.29) is 13.1 Å². The number of aliphatic carboxylic acids is 1. The summed E-state index contributed by atoms with van der Waals surface area (Å²) in [6.45, 7) is 2.79. The van der Waals surface area contributed by atoms with Crippen LogP contribution in [0, 0.1) is 5.41 Å². The van der Waals surface area contributed by atoms with E-state index >= 15 is 0 Å². The van der Waals surface area contributed by atoms with Gasteiger partial charge >= 0.3 is 18.0 Å². The van der Waals surface area contributed by atoms with Gasteiger partial charge in [-0.25, -0.2) is 4.79 Å². The Hall–Kier alpha value is -1.79. The van der Waals surface area contributed by atoms with Gasteiger partial charge in [-0.1, -0.05) is 0 Å². The molecule has 0 unspecified atom stereocenters. The molecular weight excluding hydrogens is 228 g/mol. The first-order valence-electron chi connectivity index (χ1n) is 5.00. The summed E-state index contributed by atoms with van der Waals surface area (Å²) in [6, 6.07) is -0.523. The molecule has 0 fully saturated rings. The number of amides is 2. The Balaban J connectivity index is 4.19. The number of carboxylic acid groups (broad SMARTS) is 1. The van der Waals surface area contributed by atoms with Crippen LogP contribution in [0.15, 0.2) is 0 Å². The summed E-state index contributed by atoms with van der Waals surface area (Å²) in [5, 5.41) is 11.3. The third kappa shape index (κ3) is 5.19. The summed E-state index contributed by atoms with van der Waals surface area (Å²) in [6.07, 6.45) is 0. The second-order valence-corrected chi connectivity index (χ2v) is 4.28. The maximum absolute atomic E-state index is 11.5. The molecule has 2 amide bonds. The average Bonchev–Trinajstić information content (AvgIpc) is 2.25. The van der Waals surface area contributed by atoms with Gasteiger partial charge in [0.05, 0.1) is 12.5 Å². The molecule has 0 spiro atoms. The SMILES string of the molecule is COC(=O)CN(C)C(=O)NCC(C)(C)C(=O)O. The van der Waals surface area contributed by atoms with E-state index in [9.17, 15) is 14.4 Å². The summed E-state index contributed by atoms with van der Waals surface area (Å²) in [4.78, 5) is 34.3. The Morgan fingerprint density at radius 3 is 2.29 bits per heavy atom. The van der Waals surface area contributed by atoms with Crippen molar-refractivity contribution in [3.05, 3.63) is 0 Å². The number of esters is 1. The van der Waals surface area contributed by atoms with Crippen LogP contribution in [0.25, 0.3) is 0 Å². The largest absolute Gasteiger partial charge is 0.481 e. The normalized spacial score (nSPS) is 10.6. The van der Waals surface area contributed by atoms with E-state index in [2.05, 4.69) is 10.1 Å². The molecule has 17 heavy (non-hydrogen) atoms. The Morgan fingerprint density at radius 1 is 1.35 bits per heavy atom. The molecule has 7 heteroatoms. The van der Waals surface area contributed by atoms with Gasteiger partial charge < -0.3 is 20.1 Å². The number of urea groups is 1. The molecule has 0 aromatic heterocycles. The number of methoxy groups -OCH3 is 1. The molecule has 0 aliphatic rings. The third-order valence-electron chi connectivity index (χ3n) is 2.20. The number of ether oxygens (including phenoxy) is 1. The molecule has 0 atom stereocenters. The van der Waals surface area contributed by atoms with Crippen molar-refractivity contribution in [3.8, 4) is 0 Å². The minimum Gasteiger partial charge on any atom is -0.481 e. The Kier molecular flexibility index (Phi) is 5.43. The van der Waals surface area contributed by atoms with Crippen LogP contribution in [-0.2, 0) is 14.3 Å². The predicted octanol–water partition coefficient (Wildman–Crippen LogP) is -0.0884. The standard InChI is InChI=1S/C10H18N2O5/c1-10(2,8(14)15)6-11-9(16)12(3)5-7(13)17-4/h5-6H2,1-4H3,(H,11,16)(H,14,15). The lowest BCUT2D eigenvalue weighted by Crippen LogP contribution is -2.45. The summed E-state index contributed by atoms with van der Waals surface area (Å²) in [5.74, 6) is -1.55. The lowest BCUT2D eigenvalue weighted by Gasteiger charge is -2.22. The van der Waals surface area contributed by atoms with Crippen molar-refractivity contribution >= 4 is 18.0 Å². The number of likely N-dealkylation sites (N-methyl/N-ethyl adjacent to an activating group) is 1. The van der Waals surface area contributed by atoms with Crippen molar-refractivity contribution in [1.29, 1.82) is 0 Å². The van der Waals surface area contributed by atoms with Gasteiger partial charge in [0.2, 0.25) is 0 Å². The minimum atomic E-state index is -1.05. The fourth-order valence-electron chi connectivity index (χ4n) is 0.837. The third-order valence-corrected chi connectivity index (χ3v) is 2.20. The minimum absolute atomic E-state index is 0.0212. The van der Waals surface area contributed by atoms with Crippen LogP contribution in [0.4, 0.5) is 4.79 Å². The highest BCUT2D eigenvalue weighted by molar-refractivity contribution is 5.81. The molecule has 0 aromatic carbocycles. The number of carbonyl (C=O) groups is 3. The molecule has 0 radical (unpaired) electrons. The molecule has 2 N–H and O–H groups in total. The number of nitrogens with zero attached hydrogens (tertiary/aromatic N) is 1. The second kappa shape index (κ2) is 6.07. The van der Waals surface area contributed by atoms with E-state index in [4.69, 9.17) is 5.11 Å². The molecule has 98 valence electrons. The molecule has 0 aliphatic heterocycles. The number of hydrogen-bond donors (Lipinski definition) is 2. The maximum Gasteiger partial charge on any atom is 0.325 e. The topological polar surface area (TPSA) is 95.9 Å². The van der Waals surface area contributed by atoms with Crippen LogP contribution in [0.2, 0.25) is 0 Å². The lowest BCUT2D eigenvalue weighted by atomic mass is 9.94. The number of carbonyl (C=O) groups excluding carboxylic acids is 2. The highest BCUT2D eigenvalue weighted by atomic mass is 16.5. The van der Waals surface area contributed by atoms with Gasteiger partial charge in [0.25, 0.3) is 0 Å². The van der Waals surface area contributed by atoms with Crippen LogP contribution < -0.4 is 5.32 Å². The quantitative estimate of drug-likeness (QED) is 0.661. The van der Waals surface area contributed by atoms with Crippen LogP contribution in [0.1, 0.15) is 13.8 Å². The molecule has 0 saturated carbocycles. The van der Waals surface area contributed by atoms with Crippen molar-refractivity contribution in [1.82, 2.24) is 10.2 Å². The zero-order valence-corrected chi connectivity index (χ0v) is 10.4. The van der Waals surface area contributed by atoms with Gasteiger partial charge in [0.1, 0.15) is 6.54 Å². The van der Waals surface area contributed by atoms with Gasteiger partial charge in [0.15, 0.2) is 0 Å². The second-order valence-electron chi connectivity index (χ2n) is 4.28. The number of carboxylic acids is 1. The molecule has 0 rings (SSSR count). The Morgan fingerprint density at radius 2 is 1.88 bits per heavy atom. The van der Waals surface area contributed by atoms with Crippen molar-refractivity contribution in [3.63, 3.8) is 0 Å². The van der Waals surface area contributed by atoms with Gasteiger partial charge in [-0.15, -0.1) is 0 Å². The first kappa shape index (κ1) is 15.2. The zero-order chi connectivity index (χ0) is 13.6. The predicted molar refractivity (Wildman–Crippen MR) is 59.5 cm³/mol. The molecule has 0 saturated heterocycles. The molecule has 0 heterocycles. The first-order valence-corrected chi connectivity index (χ1v) is 5.00. The van der Waals surface area contributed by atoms with Crippen LogP contribution in [0.3, 0.4) is 0 Å². The van der Waals surface area contributed by atoms with E-state index < -0.39 is 23.4 Å². The van der Waals surface area contributed by atoms with Gasteiger partial charge in [0, 0.05) is 13.6 Å². The molecular formula is C10H18N2O5. The summed E-state index contributed by atoms with van der Waals surface area (Å²) in [5.41, 5.74) is -1.05. The number of nitrogens with one attached hydrogen (secondary N) is 1.